The third kappa shape index (κ3) is 4.16. The molecule has 2 nitrogen and oxygen atoms in total. The molecule has 1 N–H and O–H groups in total. The second kappa shape index (κ2) is 7.94. The van der Waals surface area contributed by atoms with Crippen molar-refractivity contribution in [3.63, 3.8) is 0 Å². The van der Waals surface area contributed by atoms with E-state index < -0.39 is 0 Å². The number of benzene rings is 1. The molecule has 2 rings (SSSR count). The lowest BCUT2D eigenvalue weighted by molar-refractivity contribution is 0.570. The third-order valence-electron chi connectivity index (χ3n) is 4.05. The zero-order valence-electron chi connectivity index (χ0n) is 13.1. The van der Waals surface area contributed by atoms with Crippen LogP contribution in [-0.4, -0.2) is 30.6 Å². The standard InChI is InChI=1S/C17H28N2S/c1-4-10-18-14(3)15-6-8-16(9-7-15)19-11-12-20-17(5-2)13-19/h6-9,14,17-18H,4-5,10-13H2,1-3H3. The van der Waals surface area contributed by atoms with Crippen LogP contribution in [0.3, 0.4) is 0 Å². The molecule has 112 valence electrons. The molecule has 1 heterocycles. The molecular weight excluding hydrogens is 264 g/mol. The van der Waals surface area contributed by atoms with Crippen molar-refractivity contribution in [1.29, 1.82) is 0 Å². The van der Waals surface area contributed by atoms with E-state index in [1.54, 1.807) is 0 Å². The average molecular weight is 292 g/mol. The predicted octanol–water partition coefficient (Wildman–Crippen LogP) is 4.08. The van der Waals surface area contributed by atoms with Crippen LogP contribution in [0.4, 0.5) is 5.69 Å². The molecule has 1 aliphatic rings. The maximum Gasteiger partial charge on any atom is 0.0367 e. The minimum atomic E-state index is 0.448. The van der Waals surface area contributed by atoms with E-state index in [1.165, 1.54) is 42.9 Å². The molecule has 0 amide bonds. The van der Waals surface area contributed by atoms with Gasteiger partial charge in [-0.25, -0.2) is 0 Å². The zero-order chi connectivity index (χ0) is 14.4. The summed E-state index contributed by atoms with van der Waals surface area (Å²) in [5.74, 6) is 1.26. The number of nitrogens with one attached hydrogen (secondary N) is 1. The van der Waals surface area contributed by atoms with Gasteiger partial charge in [0.05, 0.1) is 0 Å². The van der Waals surface area contributed by atoms with Crippen molar-refractivity contribution in [2.75, 3.05) is 30.3 Å². The quantitative estimate of drug-likeness (QED) is 0.850. The van der Waals surface area contributed by atoms with Crippen molar-refractivity contribution >= 4 is 17.4 Å². The molecule has 20 heavy (non-hydrogen) atoms. The van der Waals surface area contributed by atoms with Crippen LogP contribution < -0.4 is 10.2 Å². The van der Waals surface area contributed by atoms with E-state index in [0.29, 0.717) is 6.04 Å². The van der Waals surface area contributed by atoms with Crippen LogP contribution in [0.1, 0.15) is 45.2 Å². The zero-order valence-corrected chi connectivity index (χ0v) is 13.9. The summed E-state index contributed by atoms with van der Waals surface area (Å²) in [5.41, 5.74) is 2.77. The van der Waals surface area contributed by atoms with E-state index in [2.05, 4.69) is 67.0 Å². The topological polar surface area (TPSA) is 15.3 Å². The number of hydrogen-bond acceptors (Lipinski definition) is 3. The van der Waals surface area contributed by atoms with Crippen LogP contribution in [0, 0.1) is 0 Å². The summed E-state index contributed by atoms with van der Waals surface area (Å²) in [6.07, 6.45) is 2.46. The number of anilines is 1. The van der Waals surface area contributed by atoms with E-state index in [4.69, 9.17) is 0 Å². The maximum atomic E-state index is 3.55. The lowest BCUT2D eigenvalue weighted by Crippen LogP contribution is -2.37. The van der Waals surface area contributed by atoms with Crippen LogP contribution in [0.2, 0.25) is 0 Å². The van der Waals surface area contributed by atoms with E-state index in [0.717, 1.165) is 11.8 Å². The largest absolute Gasteiger partial charge is 0.370 e. The molecule has 2 atom stereocenters. The maximum absolute atomic E-state index is 3.55. The van der Waals surface area contributed by atoms with E-state index in [-0.39, 0.29) is 0 Å². The molecule has 1 fully saturated rings. The molecule has 1 saturated heterocycles. The van der Waals surface area contributed by atoms with Crippen LogP contribution >= 0.6 is 11.8 Å². The van der Waals surface area contributed by atoms with Crippen molar-refractivity contribution in [2.24, 2.45) is 0 Å². The highest BCUT2D eigenvalue weighted by atomic mass is 32.2. The van der Waals surface area contributed by atoms with Gasteiger partial charge in [0, 0.05) is 35.8 Å². The van der Waals surface area contributed by atoms with Gasteiger partial charge in [-0.05, 0) is 44.0 Å². The Hall–Kier alpha value is -0.670. The molecule has 0 spiro atoms. The second-order valence-corrected chi connectivity index (χ2v) is 7.02. The van der Waals surface area contributed by atoms with Gasteiger partial charge in [0.2, 0.25) is 0 Å². The Kier molecular flexibility index (Phi) is 6.24. The Morgan fingerprint density at radius 3 is 2.70 bits per heavy atom. The lowest BCUT2D eigenvalue weighted by Gasteiger charge is -2.33. The van der Waals surface area contributed by atoms with Gasteiger partial charge < -0.3 is 10.2 Å². The Labute approximate surface area is 128 Å². The highest BCUT2D eigenvalue weighted by Gasteiger charge is 2.19. The first-order valence-electron chi connectivity index (χ1n) is 7.94. The van der Waals surface area contributed by atoms with Gasteiger partial charge in [0.1, 0.15) is 0 Å². The van der Waals surface area contributed by atoms with Crippen molar-refractivity contribution < 1.29 is 0 Å². The first kappa shape index (κ1) is 15.7. The van der Waals surface area contributed by atoms with Crippen molar-refractivity contribution in [3.05, 3.63) is 29.8 Å². The molecule has 1 aliphatic heterocycles. The summed E-state index contributed by atoms with van der Waals surface area (Å²) in [4.78, 5) is 2.54. The molecule has 3 heteroatoms. The fourth-order valence-corrected chi connectivity index (χ4v) is 3.83. The van der Waals surface area contributed by atoms with Gasteiger partial charge in [0.15, 0.2) is 0 Å². The summed E-state index contributed by atoms with van der Waals surface area (Å²) in [6.45, 7) is 10.2. The highest BCUT2D eigenvalue weighted by molar-refractivity contribution is 8.00. The Balaban J connectivity index is 1.97. The van der Waals surface area contributed by atoms with Crippen molar-refractivity contribution in [3.8, 4) is 0 Å². The Morgan fingerprint density at radius 2 is 2.05 bits per heavy atom. The van der Waals surface area contributed by atoms with Gasteiger partial charge in [-0.15, -0.1) is 0 Å². The van der Waals surface area contributed by atoms with Gasteiger partial charge in [-0.3, -0.25) is 0 Å². The molecule has 2 unspecified atom stereocenters. The molecule has 0 bridgehead atoms. The smallest absolute Gasteiger partial charge is 0.0367 e. The summed E-state index contributed by atoms with van der Waals surface area (Å²) >= 11 is 2.13. The molecule has 0 radical (unpaired) electrons. The Bertz CT molecular complexity index is 390. The highest BCUT2D eigenvalue weighted by Crippen LogP contribution is 2.26. The minimum absolute atomic E-state index is 0.448. The van der Waals surface area contributed by atoms with Crippen LogP contribution in [-0.2, 0) is 0 Å². The normalized spacial score (nSPS) is 20.9. The van der Waals surface area contributed by atoms with Crippen molar-refractivity contribution in [1.82, 2.24) is 5.32 Å². The van der Waals surface area contributed by atoms with Crippen LogP contribution in [0.15, 0.2) is 24.3 Å². The van der Waals surface area contributed by atoms with Gasteiger partial charge in [-0.2, -0.15) is 11.8 Å². The second-order valence-electron chi connectivity index (χ2n) is 5.61. The number of hydrogen-bond donors (Lipinski definition) is 1. The first-order valence-corrected chi connectivity index (χ1v) is 8.99. The van der Waals surface area contributed by atoms with Gasteiger partial charge in [-0.1, -0.05) is 26.0 Å². The van der Waals surface area contributed by atoms with Gasteiger partial charge in [0.25, 0.3) is 0 Å². The van der Waals surface area contributed by atoms with E-state index in [1.807, 2.05) is 0 Å². The fourth-order valence-electron chi connectivity index (χ4n) is 2.65. The molecule has 1 aromatic carbocycles. The summed E-state index contributed by atoms with van der Waals surface area (Å²) in [5, 5.41) is 4.35. The summed E-state index contributed by atoms with van der Waals surface area (Å²) in [7, 11) is 0. The van der Waals surface area contributed by atoms with Crippen molar-refractivity contribution in [2.45, 2.75) is 44.9 Å². The number of thioether (sulfide) groups is 1. The summed E-state index contributed by atoms with van der Waals surface area (Å²) < 4.78 is 0. The predicted molar refractivity (Wildman–Crippen MR) is 91.9 cm³/mol. The summed E-state index contributed by atoms with van der Waals surface area (Å²) in [6, 6.07) is 9.60. The molecule has 0 aliphatic carbocycles. The molecule has 0 saturated carbocycles. The fraction of sp³-hybridized carbons (Fsp3) is 0.647. The SMILES string of the molecule is CCCNC(C)c1ccc(N2CCSC(CC)C2)cc1. The molecule has 1 aromatic rings. The van der Waals surface area contributed by atoms with E-state index >= 15 is 0 Å². The number of nitrogens with zero attached hydrogens (tertiary/aromatic N) is 1. The molecule has 0 aromatic heterocycles. The first-order chi connectivity index (χ1) is 9.74. The Morgan fingerprint density at radius 1 is 1.30 bits per heavy atom. The lowest BCUT2D eigenvalue weighted by atomic mass is 10.1. The van der Waals surface area contributed by atoms with E-state index in [9.17, 15) is 0 Å². The third-order valence-corrected chi connectivity index (χ3v) is 5.42. The minimum Gasteiger partial charge on any atom is -0.370 e. The molecular formula is C17H28N2S. The van der Waals surface area contributed by atoms with Crippen LogP contribution in [0.25, 0.3) is 0 Å². The van der Waals surface area contributed by atoms with Gasteiger partial charge >= 0.3 is 0 Å². The monoisotopic (exact) mass is 292 g/mol. The van der Waals surface area contributed by atoms with Crippen LogP contribution in [0.5, 0.6) is 0 Å². The average Bonchev–Trinajstić information content (AvgIpc) is 2.52. The number of rotatable bonds is 6.